The van der Waals surface area contributed by atoms with Crippen molar-refractivity contribution in [1.29, 1.82) is 0 Å². The van der Waals surface area contributed by atoms with E-state index in [1.54, 1.807) is 13.8 Å². The number of hydrogen-bond acceptors (Lipinski definition) is 6. The maximum atomic E-state index is 12.3. The van der Waals surface area contributed by atoms with Gasteiger partial charge in [-0.25, -0.2) is 8.42 Å². The smallest absolute Gasteiger partial charge is 0.324 e. The second kappa shape index (κ2) is 8.23. The van der Waals surface area contributed by atoms with E-state index in [0.717, 1.165) is 24.3 Å². The quantitative estimate of drug-likeness (QED) is 0.325. The van der Waals surface area contributed by atoms with Crippen molar-refractivity contribution in [2.24, 2.45) is 0 Å². The van der Waals surface area contributed by atoms with Gasteiger partial charge in [0.2, 0.25) is 10.0 Å². The minimum absolute atomic E-state index is 0.0549. The van der Waals surface area contributed by atoms with Crippen LogP contribution in [0.25, 0.3) is 0 Å². The first kappa shape index (κ1) is 19.3. The van der Waals surface area contributed by atoms with Crippen LogP contribution >= 0.6 is 11.6 Å². The highest BCUT2D eigenvalue weighted by atomic mass is 35.5. The zero-order valence-corrected chi connectivity index (χ0v) is 14.1. The van der Waals surface area contributed by atoms with Gasteiger partial charge in [-0.2, -0.15) is 4.72 Å². The molecular weight excluding hydrogens is 348 g/mol. The summed E-state index contributed by atoms with van der Waals surface area (Å²) in [5.74, 6) is -0.674. The maximum Gasteiger partial charge on any atom is 0.324 e. The molecule has 0 amide bonds. The van der Waals surface area contributed by atoms with Crippen LogP contribution in [0.2, 0.25) is 0 Å². The number of hydrogen-bond donors (Lipinski definition) is 1. The molecule has 0 saturated carbocycles. The molecule has 1 N–H and O–H groups in total. The van der Waals surface area contributed by atoms with Gasteiger partial charge in [0.1, 0.15) is 6.04 Å². The van der Waals surface area contributed by atoms with Gasteiger partial charge in [0.25, 0.3) is 5.69 Å². The van der Waals surface area contributed by atoms with Gasteiger partial charge in [-0.15, -0.1) is 11.6 Å². The minimum Gasteiger partial charge on any atom is -0.462 e. The van der Waals surface area contributed by atoms with Crippen LogP contribution < -0.4 is 4.72 Å². The predicted molar refractivity (Wildman–Crippen MR) is 83.8 cm³/mol. The van der Waals surface area contributed by atoms with Gasteiger partial charge in [0.05, 0.1) is 15.9 Å². The monoisotopic (exact) mass is 364 g/mol. The van der Waals surface area contributed by atoms with Gasteiger partial charge in [-0.1, -0.05) is 0 Å². The Balaban J connectivity index is 2.96. The molecule has 0 aromatic heterocycles. The second-order valence-electron chi connectivity index (χ2n) is 4.89. The predicted octanol–water partition coefficient (Wildman–Crippen LogP) is 1.82. The summed E-state index contributed by atoms with van der Waals surface area (Å²) < 4.78 is 31.7. The summed E-state index contributed by atoms with van der Waals surface area (Å²) in [6.07, 6.45) is -0.344. The zero-order valence-electron chi connectivity index (χ0n) is 12.6. The summed E-state index contributed by atoms with van der Waals surface area (Å²) >= 11 is 5.59. The van der Waals surface area contributed by atoms with Gasteiger partial charge in [0, 0.05) is 18.0 Å². The number of rotatable bonds is 8. The average molecular weight is 365 g/mol. The lowest BCUT2D eigenvalue weighted by Crippen LogP contribution is -2.42. The lowest BCUT2D eigenvalue weighted by atomic mass is 10.2. The van der Waals surface area contributed by atoms with Crippen LogP contribution in [0.5, 0.6) is 0 Å². The van der Waals surface area contributed by atoms with E-state index < -0.39 is 33.1 Å². The molecule has 0 unspecified atom stereocenters. The highest BCUT2D eigenvalue weighted by Gasteiger charge is 2.27. The number of nitrogens with one attached hydrogen (secondary N) is 1. The summed E-state index contributed by atoms with van der Waals surface area (Å²) in [6, 6.07) is 3.18. The van der Waals surface area contributed by atoms with E-state index in [9.17, 15) is 23.3 Å². The van der Waals surface area contributed by atoms with Crippen LogP contribution in [0.4, 0.5) is 5.69 Å². The number of carbonyl (C=O) groups excluding carboxylic acids is 1. The van der Waals surface area contributed by atoms with Crippen LogP contribution in [0.1, 0.15) is 20.3 Å². The van der Waals surface area contributed by atoms with Gasteiger partial charge in [0.15, 0.2) is 0 Å². The number of esters is 1. The van der Waals surface area contributed by atoms with Gasteiger partial charge < -0.3 is 4.74 Å². The summed E-state index contributed by atoms with van der Waals surface area (Å²) in [6.45, 7) is 3.28. The number of carbonyl (C=O) groups is 1. The standard InChI is InChI=1S/C13H17ClN2O6S/c1-9(2)22-13(17)12(7-8-14)15-23(20,21)11-5-3-10(4-6-11)16(18)19/h3-6,9,12,15H,7-8H2,1-2H3/t12-/m0/s1. The number of sulfonamides is 1. The molecule has 1 aromatic rings. The molecule has 0 aliphatic carbocycles. The summed E-state index contributed by atoms with van der Waals surface area (Å²) in [7, 11) is -4.04. The second-order valence-corrected chi connectivity index (χ2v) is 6.98. The zero-order chi connectivity index (χ0) is 17.6. The fourth-order valence-corrected chi connectivity index (χ4v) is 3.09. The van der Waals surface area contributed by atoms with E-state index in [1.165, 1.54) is 0 Å². The first-order valence-electron chi connectivity index (χ1n) is 6.70. The molecule has 8 nitrogen and oxygen atoms in total. The Morgan fingerprint density at radius 3 is 2.35 bits per heavy atom. The van der Waals surface area contributed by atoms with Crippen LogP contribution in [0.15, 0.2) is 29.2 Å². The van der Waals surface area contributed by atoms with Gasteiger partial charge in [-0.05, 0) is 32.4 Å². The number of benzene rings is 1. The molecule has 23 heavy (non-hydrogen) atoms. The van der Waals surface area contributed by atoms with Crippen molar-refractivity contribution < 1.29 is 22.9 Å². The third-order valence-electron chi connectivity index (χ3n) is 2.69. The first-order chi connectivity index (χ1) is 10.7. The van der Waals surface area contributed by atoms with Crippen LogP contribution in [0, 0.1) is 10.1 Å². The number of ether oxygens (including phenoxy) is 1. The average Bonchev–Trinajstić information content (AvgIpc) is 2.46. The molecule has 10 heteroatoms. The van der Waals surface area contributed by atoms with Crippen molar-refractivity contribution in [2.45, 2.75) is 37.3 Å². The van der Waals surface area contributed by atoms with E-state index >= 15 is 0 Å². The molecule has 0 radical (unpaired) electrons. The van der Waals surface area contributed by atoms with Crippen molar-refractivity contribution in [3.8, 4) is 0 Å². The minimum atomic E-state index is -4.04. The van der Waals surface area contributed by atoms with Crippen molar-refractivity contribution >= 4 is 33.3 Å². The lowest BCUT2D eigenvalue weighted by molar-refractivity contribution is -0.384. The van der Waals surface area contributed by atoms with Crippen LogP contribution in [0.3, 0.4) is 0 Å². The van der Waals surface area contributed by atoms with Crippen molar-refractivity contribution in [3.63, 3.8) is 0 Å². The molecule has 0 saturated heterocycles. The molecule has 0 spiro atoms. The molecule has 0 heterocycles. The van der Waals surface area contributed by atoms with E-state index in [4.69, 9.17) is 16.3 Å². The molecule has 0 fully saturated rings. The van der Waals surface area contributed by atoms with Crippen LogP contribution in [-0.2, 0) is 19.6 Å². The Kier molecular flexibility index (Phi) is 6.92. The fraction of sp³-hybridized carbons (Fsp3) is 0.462. The normalized spacial score (nSPS) is 12.9. The Labute approximate surface area is 139 Å². The van der Waals surface area contributed by atoms with Gasteiger partial charge >= 0.3 is 5.97 Å². The molecule has 1 aromatic carbocycles. The Hall–Kier alpha value is -1.71. The van der Waals surface area contributed by atoms with Crippen molar-refractivity contribution in [1.82, 2.24) is 4.72 Å². The molecule has 0 aliphatic rings. The summed E-state index contributed by atoms with van der Waals surface area (Å²) in [5.41, 5.74) is -0.236. The number of halogens is 1. The van der Waals surface area contributed by atoms with Crippen molar-refractivity contribution in [2.75, 3.05) is 5.88 Å². The Morgan fingerprint density at radius 2 is 1.91 bits per heavy atom. The SMILES string of the molecule is CC(C)OC(=O)[C@H](CCCl)NS(=O)(=O)c1ccc([N+](=O)[O-])cc1. The highest BCUT2D eigenvalue weighted by molar-refractivity contribution is 7.89. The number of nitro benzene ring substituents is 1. The fourth-order valence-electron chi connectivity index (χ4n) is 1.65. The Bertz CT molecular complexity index is 660. The lowest BCUT2D eigenvalue weighted by Gasteiger charge is -2.18. The first-order valence-corrected chi connectivity index (χ1v) is 8.72. The third-order valence-corrected chi connectivity index (χ3v) is 4.40. The molecule has 128 valence electrons. The summed E-state index contributed by atoms with van der Waals surface area (Å²) in [4.78, 5) is 21.6. The largest absolute Gasteiger partial charge is 0.462 e. The van der Waals surface area contributed by atoms with E-state index in [-0.39, 0.29) is 22.9 Å². The molecule has 1 atom stereocenters. The van der Waals surface area contributed by atoms with E-state index in [1.807, 2.05) is 0 Å². The van der Waals surface area contributed by atoms with Gasteiger partial charge in [-0.3, -0.25) is 14.9 Å². The van der Waals surface area contributed by atoms with E-state index in [2.05, 4.69) is 4.72 Å². The molecule has 0 aliphatic heterocycles. The topological polar surface area (TPSA) is 116 Å². The summed E-state index contributed by atoms with van der Waals surface area (Å²) in [5, 5.41) is 10.6. The molecule has 1 rings (SSSR count). The van der Waals surface area contributed by atoms with Crippen molar-refractivity contribution in [3.05, 3.63) is 34.4 Å². The van der Waals surface area contributed by atoms with E-state index in [0.29, 0.717) is 0 Å². The number of non-ortho nitro benzene ring substituents is 1. The molecular formula is C13H17ClN2O6S. The highest BCUT2D eigenvalue weighted by Crippen LogP contribution is 2.16. The number of alkyl halides is 1. The molecule has 0 bridgehead atoms. The van der Waals surface area contributed by atoms with Crippen LogP contribution in [-0.4, -0.2) is 37.3 Å². The number of nitrogens with zero attached hydrogens (tertiary/aromatic N) is 1. The maximum absolute atomic E-state index is 12.3. The Morgan fingerprint density at radius 1 is 1.35 bits per heavy atom. The number of nitro groups is 1. The third kappa shape index (κ3) is 5.77.